The van der Waals surface area contributed by atoms with Crippen LogP contribution in [0.5, 0.6) is 5.75 Å². The number of para-hydroxylation sites is 1. The zero-order valence-corrected chi connectivity index (χ0v) is 24.2. The quantitative estimate of drug-likeness (QED) is 0.222. The third-order valence-corrected chi connectivity index (χ3v) is 8.62. The second-order valence-electron chi connectivity index (χ2n) is 10.7. The van der Waals surface area contributed by atoms with E-state index >= 15 is 4.39 Å². The lowest BCUT2D eigenvalue weighted by molar-refractivity contribution is -0.136. The van der Waals surface area contributed by atoms with Crippen LogP contribution in [0.3, 0.4) is 0 Å². The van der Waals surface area contributed by atoms with Crippen molar-refractivity contribution < 1.29 is 49.2 Å². The molecule has 0 bridgehead atoms. The lowest BCUT2D eigenvalue weighted by atomic mass is 9.84. The predicted molar refractivity (Wildman–Crippen MR) is 149 cm³/mol. The summed E-state index contributed by atoms with van der Waals surface area (Å²) in [7, 11) is -6.03. The minimum Gasteiger partial charge on any atom is -0.445 e. The number of carbonyl (C=O) groups excluding carboxylic acids is 2. The molecule has 1 N–H and O–H groups in total. The summed E-state index contributed by atoms with van der Waals surface area (Å²) in [6.07, 6.45) is -0.537. The minimum atomic E-state index is -6.03. The number of hydrogen-bond donors (Lipinski definition) is 1. The molecule has 2 aliphatic heterocycles. The fraction of sp³-hybridized carbons (Fsp3) is 0.333. The second-order valence-corrected chi connectivity index (χ2v) is 12.2. The number of nitrogens with zero attached hydrogens (tertiary/aromatic N) is 1. The van der Waals surface area contributed by atoms with E-state index in [9.17, 15) is 31.2 Å². The Kier molecular flexibility index (Phi) is 8.58. The molecule has 0 aliphatic carbocycles. The second kappa shape index (κ2) is 12.1. The van der Waals surface area contributed by atoms with Gasteiger partial charge in [-0.15, -0.1) is 0 Å². The number of morpholine rings is 1. The largest absolute Gasteiger partial charge is 0.534 e. The van der Waals surface area contributed by atoms with E-state index in [4.69, 9.17) is 9.47 Å². The first-order chi connectivity index (χ1) is 20.8. The number of alkyl halides is 3. The fourth-order valence-electron chi connectivity index (χ4n) is 5.78. The molecule has 2 heterocycles. The zero-order chi connectivity index (χ0) is 31.7. The van der Waals surface area contributed by atoms with E-state index in [2.05, 4.69) is 9.50 Å². The van der Waals surface area contributed by atoms with Gasteiger partial charge in [-0.25, -0.2) is 9.18 Å². The Morgan fingerprint density at radius 2 is 1.73 bits per heavy atom. The van der Waals surface area contributed by atoms with Gasteiger partial charge in [-0.2, -0.15) is 21.6 Å². The molecule has 2 aliphatic rings. The van der Waals surface area contributed by atoms with Crippen LogP contribution >= 0.6 is 0 Å². The molecular formula is C30H28F4N2O7S. The number of likely N-dealkylation sites (tertiary alicyclic amines) is 1. The van der Waals surface area contributed by atoms with Crippen LogP contribution in [0.2, 0.25) is 0 Å². The summed E-state index contributed by atoms with van der Waals surface area (Å²) in [5.74, 6) is -1.99. The Morgan fingerprint density at radius 3 is 2.43 bits per heavy atom. The Morgan fingerprint density at radius 1 is 1.05 bits per heavy atom. The van der Waals surface area contributed by atoms with Gasteiger partial charge in [-0.1, -0.05) is 66.7 Å². The summed E-state index contributed by atoms with van der Waals surface area (Å²) >= 11 is 0. The van der Waals surface area contributed by atoms with Gasteiger partial charge >= 0.3 is 21.7 Å². The van der Waals surface area contributed by atoms with Crippen LogP contribution < -0.4 is 9.50 Å². The van der Waals surface area contributed by atoms with Crippen LogP contribution in [-0.2, 0) is 37.4 Å². The van der Waals surface area contributed by atoms with Gasteiger partial charge in [-0.3, -0.25) is 9.69 Å². The van der Waals surface area contributed by atoms with Crippen LogP contribution in [0.4, 0.5) is 22.4 Å². The molecule has 2 fully saturated rings. The molecule has 0 aromatic heterocycles. The highest BCUT2D eigenvalue weighted by Crippen LogP contribution is 2.40. The summed E-state index contributed by atoms with van der Waals surface area (Å²) in [5.41, 5.74) is -6.43. The SMILES string of the molecule is CC1CC2(COCC(=O)N2)C(Cc2cccc(-c3ccccc3OS(=O)(=O)C(F)(F)F)c2F)N1C(=O)OCc1ccccc1. The van der Waals surface area contributed by atoms with Gasteiger partial charge in [-0.05, 0) is 37.0 Å². The molecule has 44 heavy (non-hydrogen) atoms. The van der Waals surface area contributed by atoms with Crippen molar-refractivity contribution in [2.75, 3.05) is 13.2 Å². The highest BCUT2D eigenvalue weighted by Gasteiger charge is 2.55. The number of rotatable bonds is 7. The maximum atomic E-state index is 16.2. The summed E-state index contributed by atoms with van der Waals surface area (Å²) in [4.78, 5) is 27.4. The predicted octanol–water partition coefficient (Wildman–Crippen LogP) is 4.95. The molecule has 3 aromatic rings. The van der Waals surface area contributed by atoms with Crippen molar-refractivity contribution in [1.82, 2.24) is 10.2 Å². The Bertz CT molecular complexity index is 1650. The third kappa shape index (κ3) is 6.22. The van der Waals surface area contributed by atoms with E-state index in [1.807, 2.05) is 6.07 Å². The van der Waals surface area contributed by atoms with Crippen LogP contribution in [-0.4, -0.2) is 61.7 Å². The van der Waals surface area contributed by atoms with Crippen molar-refractivity contribution in [3.05, 3.63) is 89.7 Å². The topological polar surface area (TPSA) is 111 Å². The van der Waals surface area contributed by atoms with Crippen molar-refractivity contribution in [1.29, 1.82) is 0 Å². The highest BCUT2D eigenvalue weighted by atomic mass is 32.2. The van der Waals surface area contributed by atoms with Gasteiger partial charge in [0.25, 0.3) is 0 Å². The van der Waals surface area contributed by atoms with Crippen molar-refractivity contribution in [3.8, 4) is 16.9 Å². The molecule has 2 amide bonds. The van der Waals surface area contributed by atoms with Gasteiger partial charge < -0.3 is 19.0 Å². The molecule has 1 spiro atoms. The Labute approximate surface area is 250 Å². The molecule has 5 rings (SSSR count). The normalized spacial score (nSPS) is 22.1. The standard InChI is InChI=1S/C30H28F4N2O7S/c1-19-15-29(18-41-17-26(37)35-29)25(36(19)28(38)42-16-20-8-3-2-4-9-20)14-21-10-7-12-23(27(21)31)22-11-5-6-13-24(22)43-44(39,40)30(32,33)34/h2-13,19,25H,14-18H2,1H3,(H,35,37). The van der Waals surface area contributed by atoms with Crippen LogP contribution in [0.15, 0.2) is 72.8 Å². The minimum absolute atomic E-state index is 0.0209. The van der Waals surface area contributed by atoms with E-state index in [-0.39, 0.29) is 49.4 Å². The van der Waals surface area contributed by atoms with E-state index < -0.39 is 56.8 Å². The number of nitrogens with one attached hydrogen (secondary N) is 1. The maximum absolute atomic E-state index is 16.2. The molecule has 0 saturated carbocycles. The summed E-state index contributed by atoms with van der Waals surface area (Å²) in [6, 6.07) is 16.7. The number of halogens is 4. The summed E-state index contributed by atoms with van der Waals surface area (Å²) in [5, 5.41) is 2.94. The molecule has 9 nitrogen and oxygen atoms in total. The van der Waals surface area contributed by atoms with Crippen molar-refractivity contribution in [2.45, 2.75) is 49.5 Å². The van der Waals surface area contributed by atoms with Crippen molar-refractivity contribution >= 4 is 22.1 Å². The molecule has 14 heteroatoms. The first kappa shape index (κ1) is 31.3. The molecular weight excluding hydrogens is 608 g/mol. The lowest BCUT2D eigenvalue weighted by Crippen LogP contribution is -2.64. The lowest BCUT2D eigenvalue weighted by Gasteiger charge is -2.41. The van der Waals surface area contributed by atoms with E-state index in [1.54, 1.807) is 31.2 Å². The van der Waals surface area contributed by atoms with Gasteiger partial charge in [0.2, 0.25) is 5.91 Å². The van der Waals surface area contributed by atoms with E-state index in [1.165, 1.54) is 41.3 Å². The first-order valence-electron chi connectivity index (χ1n) is 13.6. The molecule has 0 radical (unpaired) electrons. The highest BCUT2D eigenvalue weighted by molar-refractivity contribution is 7.88. The third-order valence-electron chi connectivity index (χ3n) is 7.66. The Hall–Kier alpha value is -4.17. The molecule has 3 atom stereocenters. The number of benzene rings is 3. The Balaban J connectivity index is 1.49. The van der Waals surface area contributed by atoms with Gasteiger partial charge in [0, 0.05) is 17.2 Å². The monoisotopic (exact) mass is 636 g/mol. The van der Waals surface area contributed by atoms with Crippen molar-refractivity contribution in [2.24, 2.45) is 0 Å². The maximum Gasteiger partial charge on any atom is 0.534 e. The van der Waals surface area contributed by atoms with Crippen molar-refractivity contribution in [3.63, 3.8) is 0 Å². The fourth-order valence-corrected chi connectivity index (χ4v) is 6.25. The smallest absolute Gasteiger partial charge is 0.445 e. The molecule has 2 saturated heterocycles. The summed E-state index contributed by atoms with van der Waals surface area (Å²) < 4.78 is 94.3. The van der Waals surface area contributed by atoms with Gasteiger partial charge in [0.15, 0.2) is 5.75 Å². The number of hydrogen-bond acceptors (Lipinski definition) is 7. The molecule has 3 unspecified atom stereocenters. The van der Waals surface area contributed by atoms with Gasteiger partial charge in [0.1, 0.15) is 19.0 Å². The first-order valence-corrected chi connectivity index (χ1v) is 15.0. The van der Waals surface area contributed by atoms with E-state index in [0.717, 1.165) is 11.6 Å². The average Bonchev–Trinajstić information content (AvgIpc) is 3.22. The average molecular weight is 637 g/mol. The van der Waals surface area contributed by atoms with Crippen LogP contribution in [0.25, 0.3) is 11.1 Å². The van der Waals surface area contributed by atoms with Crippen LogP contribution in [0.1, 0.15) is 24.5 Å². The molecule has 3 aromatic carbocycles. The number of ether oxygens (including phenoxy) is 2. The molecule has 234 valence electrons. The number of amides is 2. The van der Waals surface area contributed by atoms with E-state index in [0.29, 0.717) is 0 Å². The van der Waals surface area contributed by atoms with Crippen LogP contribution in [0, 0.1) is 5.82 Å². The zero-order valence-electron chi connectivity index (χ0n) is 23.3. The van der Waals surface area contributed by atoms with Gasteiger partial charge in [0.05, 0.1) is 18.2 Å². The number of carbonyl (C=O) groups is 2. The summed E-state index contributed by atoms with van der Waals surface area (Å²) in [6.45, 7) is 1.62.